The van der Waals surface area contributed by atoms with Gasteiger partial charge in [-0.05, 0) is 42.8 Å². The van der Waals surface area contributed by atoms with Crippen molar-refractivity contribution in [1.82, 2.24) is 10.3 Å². The summed E-state index contributed by atoms with van der Waals surface area (Å²) in [5, 5.41) is 3.30. The monoisotopic (exact) mass is 274 g/mol. The molecule has 2 aromatic rings. The van der Waals surface area contributed by atoms with E-state index in [1.54, 1.807) is 19.2 Å². The summed E-state index contributed by atoms with van der Waals surface area (Å²) >= 11 is 0. The molecule has 4 heteroatoms. The van der Waals surface area contributed by atoms with Gasteiger partial charge >= 0.3 is 0 Å². The van der Waals surface area contributed by atoms with Gasteiger partial charge in [0.1, 0.15) is 5.82 Å². The van der Waals surface area contributed by atoms with E-state index in [4.69, 9.17) is 4.74 Å². The van der Waals surface area contributed by atoms with Crippen molar-refractivity contribution < 1.29 is 9.13 Å². The number of hydrogen-bond donors (Lipinski definition) is 1. The zero-order valence-corrected chi connectivity index (χ0v) is 11.8. The molecule has 0 fully saturated rings. The van der Waals surface area contributed by atoms with Gasteiger partial charge in [-0.15, -0.1) is 0 Å². The first-order valence-corrected chi connectivity index (χ1v) is 6.63. The molecule has 3 nitrogen and oxygen atoms in total. The second kappa shape index (κ2) is 7.12. The van der Waals surface area contributed by atoms with E-state index in [9.17, 15) is 4.39 Å². The molecule has 20 heavy (non-hydrogen) atoms. The number of halogens is 1. The summed E-state index contributed by atoms with van der Waals surface area (Å²) in [5.41, 5.74) is 3.93. The summed E-state index contributed by atoms with van der Waals surface area (Å²) < 4.78 is 17.9. The molecular weight excluding hydrogens is 255 g/mol. The van der Waals surface area contributed by atoms with Gasteiger partial charge in [0.2, 0.25) is 0 Å². The second-order valence-corrected chi connectivity index (χ2v) is 4.62. The fourth-order valence-corrected chi connectivity index (χ4v) is 1.96. The van der Waals surface area contributed by atoms with E-state index in [-0.39, 0.29) is 5.82 Å². The molecule has 1 N–H and O–H groups in total. The predicted octanol–water partition coefficient (Wildman–Crippen LogP) is 2.93. The molecule has 2 rings (SSSR count). The molecule has 0 atom stereocenters. The highest BCUT2D eigenvalue weighted by molar-refractivity contribution is 5.59. The third-order valence-corrected chi connectivity index (χ3v) is 3.13. The minimum Gasteiger partial charge on any atom is -0.383 e. The van der Waals surface area contributed by atoms with E-state index < -0.39 is 0 Å². The Kier molecular flexibility index (Phi) is 5.21. The van der Waals surface area contributed by atoms with Gasteiger partial charge in [0.05, 0.1) is 12.3 Å². The lowest BCUT2D eigenvalue weighted by Gasteiger charge is -2.09. The topological polar surface area (TPSA) is 34.1 Å². The number of pyridine rings is 1. The number of aromatic nitrogens is 1. The maximum absolute atomic E-state index is 12.9. The molecule has 0 radical (unpaired) electrons. The zero-order chi connectivity index (χ0) is 14.4. The minimum atomic E-state index is -0.232. The van der Waals surface area contributed by atoms with E-state index in [1.165, 1.54) is 12.1 Å². The first-order valence-electron chi connectivity index (χ1n) is 6.63. The lowest BCUT2D eigenvalue weighted by atomic mass is 10.1. The van der Waals surface area contributed by atoms with Crippen LogP contribution >= 0.6 is 0 Å². The lowest BCUT2D eigenvalue weighted by Crippen LogP contribution is -2.19. The van der Waals surface area contributed by atoms with E-state index in [1.807, 2.05) is 13.0 Å². The highest BCUT2D eigenvalue weighted by Gasteiger charge is 2.04. The smallest absolute Gasteiger partial charge is 0.123 e. The van der Waals surface area contributed by atoms with Crippen molar-refractivity contribution >= 4 is 0 Å². The van der Waals surface area contributed by atoms with Crippen molar-refractivity contribution in [1.29, 1.82) is 0 Å². The van der Waals surface area contributed by atoms with Crippen LogP contribution in [0.1, 0.15) is 11.3 Å². The molecule has 0 saturated heterocycles. The molecular formula is C16H19FN2O. The predicted molar refractivity (Wildman–Crippen MR) is 78.0 cm³/mol. The van der Waals surface area contributed by atoms with Crippen molar-refractivity contribution in [3.8, 4) is 11.3 Å². The Labute approximate surface area is 118 Å². The normalized spacial score (nSPS) is 10.8. The largest absolute Gasteiger partial charge is 0.383 e. The summed E-state index contributed by atoms with van der Waals surface area (Å²) in [6.45, 7) is 4.27. The highest BCUT2D eigenvalue weighted by Crippen LogP contribution is 2.19. The third kappa shape index (κ3) is 3.85. The fraction of sp³-hybridized carbons (Fsp3) is 0.312. The summed E-state index contributed by atoms with van der Waals surface area (Å²) in [6, 6.07) is 10.4. The summed E-state index contributed by atoms with van der Waals surface area (Å²) in [5.74, 6) is -0.232. The maximum atomic E-state index is 12.9. The summed E-state index contributed by atoms with van der Waals surface area (Å²) in [4.78, 5) is 4.58. The molecule has 0 unspecified atom stereocenters. The van der Waals surface area contributed by atoms with E-state index in [0.29, 0.717) is 6.61 Å². The van der Waals surface area contributed by atoms with Crippen LogP contribution in [-0.2, 0) is 11.3 Å². The summed E-state index contributed by atoms with van der Waals surface area (Å²) in [7, 11) is 1.69. The number of nitrogens with one attached hydrogen (secondary N) is 1. The van der Waals surface area contributed by atoms with Gasteiger partial charge in [0.25, 0.3) is 0 Å². The number of rotatable bonds is 6. The van der Waals surface area contributed by atoms with Crippen LogP contribution in [0.4, 0.5) is 4.39 Å². The van der Waals surface area contributed by atoms with Gasteiger partial charge in [0, 0.05) is 31.5 Å². The van der Waals surface area contributed by atoms with Crippen LogP contribution in [0.3, 0.4) is 0 Å². The number of nitrogens with zero attached hydrogens (tertiary/aromatic N) is 1. The Hall–Kier alpha value is -1.78. The van der Waals surface area contributed by atoms with Gasteiger partial charge < -0.3 is 10.1 Å². The quantitative estimate of drug-likeness (QED) is 0.822. The van der Waals surface area contributed by atoms with E-state index in [0.717, 1.165) is 35.6 Å². The minimum absolute atomic E-state index is 0.232. The fourth-order valence-electron chi connectivity index (χ4n) is 1.96. The Morgan fingerprint density at radius 1 is 1.15 bits per heavy atom. The molecule has 0 spiro atoms. The standard InChI is InChI=1S/C16H19FN2O/c1-12-14(11-18-9-10-20-2)5-8-16(19-12)13-3-6-15(17)7-4-13/h3-8,18H,9-11H2,1-2H3. The molecule has 1 heterocycles. The van der Waals surface area contributed by atoms with Gasteiger partial charge in [0.15, 0.2) is 0 Å². The number of ether oxygens (including phenoxy) is 1. The zero-order valence-electron chi connectivity index (χ0n) is 11.8. The first kappa shape index (κ1) is 14.6. The molecule has 0 aliphatic heterocycles. The SMILES string of the molecule is COCCNCc1ccc(-c2ccc(F)cc2)nc1C. The first-order chi connectivity index (χ1) is 9.70. The summed E-state index contributed by atoms with van der Waals surface area (Å²) in [6.07, 6.45) is 0. The molecule has 1 aromatic heterocycles. The van der Waals surface area contributed by atoms with Crippen LogP contribution in [0.2, 0.25) is 0 Å². The van der Waals surface area contributed by atoms with Crippen molar-refractivity contribution in [2.75, 3.05) is 20.3 Å². The molecule has 1 aromatic carbocycles. The van der Waals surface area contributed by atoms with Gasteiger partial charge in [-0.25, -0.2) is 4.39 Å². The Bertz CT molecular complexity index is 555. The average molecular weight is 274 g/mol. The van der Waals surface area contributed by atoms with Crippen LogP contribution in [0.25, 0.3) is 11.3 Å². The molecule has 0 bridgehead atoms. The van der Waals surface area contributed by atoms with Gasteiger partial charge in [-0.3, -0.25) is 4.98 Å². The number of benzene rings is 1. The number of aryl methyl sites for hydroxylation is 1. The third-order valence-electron chi connectivity index (χ3n) is 3.13. The van der Waals surface area contributed by atoms with Crippen LogP contribution in [0.5, 0.6) is 0 Å². The Morgan fingerprint density at radius 3 is 2.55 bits per heavy atom. The van der Waals surface area contributed by atoms with Crippen LogP contribution in [-0.4, -0.2) is 25.2 Å². The second-order valence-electron chi connectivity index (χ2n) is 4.62. The van der Waals surface area contributed by atoms with Crippen molar-refractivity contribution in [2.45, 2.75) is 13.5 Å². The van der Waals surface area contributed by atoms with Crippen LogP contribution in [0.15, 0.2) is 36.4 Å². The Balaban J connectivity index is 2.07. The average Bonchev–Trinajstić information content (AvgIpc) is 2.46. The van der Waals surface area contributed by atoms with Gasteiger partial charge in [-0.1, -0.05) is 6.07 Å². The molecule has 0 saturated carbocycles. The lowest BCUT2D eigenvalue weighted by molar-refractivity contribution is 0.199. The van der Waals surface area contributed by atoms with E-state index >= 15 is 0 Å². The Morgan fingerprint density at radius 2 is 1.90 bits per heavy atom. The number of hydrogen-bond acceptors (Lipinski definition) is 3. The van der Waals surface area contributed by atoms with Crippen molar-refractivity contribution in [3.63, 3.8) is 0 Å². The number of methoxy groups -OCH3 is 1. The van der Waals surface area contributed by atoms with Crippen molar-refractivity contribution in [3.05, 3.63) is 53.5 Å². The van der Waals surface area contributed by atoms with Crippen LogP contribution < -0.4 is 5.32 Å². The van der Waals surface area contributed by atoms with E-state index in [2.05, 4.69) is 16.4 Å². The molecule has 106 valence electrons. The van der Waals surface area contributed by atoms with Crippen molar-refractivity contribution in [2.24, 2.45) is 0 Å². The maximum Gasteiger partial charge on any atom is 0.123 e. The molecule has 0 amide bonds. The molecule has 0 aliphatic rings. The van der Waals surface area contributed by atoms with Crippen LogP contribution in [0, 0.1) is 12.7 Å². The highest BCUT2D eigenvalue weighted by atomic mass is 19.1. The van der Waals surface area contributed by atoms with Gasteiger partial charge in [-0.2, -0.15) is 0 Å². The molecule has 0 aliphatic carbocycles.